The molecule has 0 fully saturated rings. The highest BCUT2D eigenvalue weighted by atomic mass is 35.5. The summed E-state index contributed by atoms with van der Waals surface area (Å²) in [4.78, 5) is 32.8. The third-order valence-corrected chi connectivity index (χ3v) is 5.82. The Labute approximate surface area is 239 Å². The zero-order valence-electron chi connectivity index (χ0n) is 22.0. The Morgan fingerprint density at radius 3 is 1.56 bits per heavy atom. The van der Waals surface area contributed by atoms with Crippen LogP contribution in [0.15, 0.2) is 68.5 Å². The number of urea groups is 1. The second-order valence-corrected chi connectivity index (χ2v) is 9.56. The summed E-state index contributed by atoms with van der Waals surface area (Å²) < 4.78 is 0. The van der Waals surface area contributed by atoms with Gasteiger partial charge in [-0.2, -0.15) is 9.98 Å². The zero-order valence-corrected chi connectivity index (χ0v) is 23.7. The SMILES string of the molecule is CC1(C)N=C(N)N=C(N)N1c1ccc(CNC(=O)Nc2ccc(N3C(N)=NC(N)=NC3(C)C)cc2)cc1.Cl.Cl. The number of nitrogens with one attached hydrogen (secondary N) is 2. The highest BCUT2D eigenvalue weighted by Crippen LogP contribution is 2.29. The molecule has 210 valence electrons. The van der Waals surface area contributed by atoms with Gasteiger partial charge in [-0.25, -0.2) is 14.8 Å². The summed E-state index contributed by atoms with van der Waals surface area (Å²) in [6.45, 7) is 7.89. The Bertz CT molecular complexity index is 1320. The highest BCUT2D eigenvalue weighted by molar-refractivity contribution is 6.06. The minimum atomic E-state index is -0.694. The van der Waals surface area contributed by atoms with Crippen LogP contribution in [0, 0.1) is 0 Å². The van der Waals surface area contributed by atoms with Gasteiger partial charge in [-0.15, -0.1) is 24.8 Å². The van der Waals surface area contributed by atoms with Gasteiger partial charge in [0.1, 0.15) is 11.3 Å². The molecule has 0 atom stereocenters. The van der Waals surface area contributed by atoms with Crippen molar-refractivity contribution in [3.8, 4) is 0 Å². The van der Waals surface area contributed by atoms with E-state index in [-0.39, 0.29) is 54.7 Å². The number of carbonyl (C=O) groups is 1. The van der Waals surface area contributed by atoms with E-state index in [2.05, 4.69) is 30.6 Å². The lowest BCUT2D eigenvalue weighted by atomic mass is 10.1. The molecule has 2 aliphatic rings. The molecule has 0 radical (unpaired) electrons. The van der Waals surface area contributed by atoms with Crippen molar-refractivity contribution >= 4 is 71.7 Å². The van der Waals surface area contributed by atoms with Crippen LogP contribution in [0.4, 0.5) is 21.9 Å². The molecule has 2 heterocycles. The number of carbonyl (C=O) groups excluding carboxylic acids is 1. The van der Waals surface area contributed by atoms with Crippen molar-refractivity contribution in [2.75, 3.05) is 15.1 Å². The van der Waals surface area contributed by atoms with E-state index in [9.17, 15) is 4.79 Å². The van der Waals surface area contributed by atoms with Gasteiger partial charge in [0.15, 0.2) is 0 Å². The quantitative estimate of drug-likeness (QED) is 0.313. The predicted octanol–water partition coefficient (Wildman–Crippen LogP) is 2.22. The molecular weight excluding hydrogens is 543 g/mol. The molecule has 0 unspecified atom stereocenters. The number of benzene rings is 2. The van der Waals surface area contributed by atoms with E-state index in [0.717, 1.165) is 16.9 Å². The first-order valence-corrected chi connectivity index (χ1v) is 11.6. The maximum Gasteiger partial charge on any atom is 0.319 e. The van der Waals surface area contributed by atoms with Crippen LogP contribution in [0.2, 0.25) is 0 Å². The van der Waals surface area contributed by atoms with Crippen LogP contribution in [-0.2, 0) is 6.54 Å². The first kappa shape index (κ1) is 31.0. The third kappa shape index (κ3) is 6.81. The van der Waals surface area contributed by atoms with Gasteiger partial charge in [-0.1, -0.05) is 12.1 Å². The summed E-state index contributed by atoms with van der Waals surface area (Å²) in [6.07, 6.45) is 0. The number of hydrogen-bond acceptors (Lipinski definition) is 11. The number of nitrogens with zero attached hydrogens (tertiary/aromatic N) is 6. The average Bonchev–Trinajstić information content (AvgIpc) is 2.77. The van der Waals surface area contributed by atoms with Gasteiger partial charge < -0.3 is 33.6 Å². The van der Waals surface area contributed by atoms with Gasteiger partial charge in [0, 0.05) is 23.6 Å². The van der Waals surface area contributed by atoms with Gasteiger partial charge in [0.25, 0.3) is 0 Å². The number of halogens is 2. The van der Waals surface area contributed by atoms with Crippen molar-refractivity contribution < 1.29 is 4.79 Å². The molecule has 2 aromatic rings. The smallest absolute Gasteiger partial charge is 0.319 e. The standard InChI is InChI=1S/C24H32N12O.2ClH/c1-23(2)33-18(25)31-20(27)35(23)16-9-5-14(6-10-16)13-29-22(37)30-15-7-11-17(12-8-15)36-21(28)32-19(26)34-24(36,3)4;;/h5-12H,13H2,1-4H3,(H2,29,30,37)(H4,25,27,31,33)(H4,26,28,32,34);2*1H. The van der Waals surface area contributed by atoms with Gasteiger partial charge in [-0.3, -0.25) is 9.80 Å². The minimum Gasteiger partial charge on any atom is -0.369 e. The fourth-order valence-electron chi connectivity index (χ4n) is 4.32. The van der Waals surface area contributed by atoms with Crippen LogP contribution in [0.5, 0.6) is 0 Å². The molecule has 0 saturated carbocycles. The number of aliphatic imine (C=N–C) groups is 4. The van der Waals surface area contributed by atoms with Crippen LogP contribution in [0.1, 0.15) is 33.3 Å². The molecule has 0 aliphatic carbocycles. The fourth-order valence-corrected chi connectivity index (χ4v) is 4.32. The van der Waals surface area contributed by atoms with Crippen molar-refractivity contribution in [1.82, 2.24) is 5.32 Å². The normalized spacial score (nSPS) is 17.3. The van der Waals surface area contributed by atoms with Gasteiger partial charge in [-0.05, 0) is 69.7 Å². The molecule has 39 heavy (non-hydrogen) atoms. The minimum absolute atomic E-state index is 0. The molecule has 13 nitrogen and oxygen atoms in total. The number of anilines is 3. The van der Waals surface area contributed by atoms with E-state index in [1.807, 2.05) is 64.1 Å². The van der Waals surface area contributed by atoms with Crippen molar-refractivity contribution in [3.63, 3.8) is 0 Å². The van der Waals surface area contributed by atoms with Crippen molar-refractivity contribution in [3.05, 3.63) is 54.1 Å². The van der Waals surface area contributed by atoms with Gasteiger partial charge in [0.05, 0.1) is 0 Å². The maximum atomic E-state index is 12.5. The van der Waals surface area contributed by atoms with E-state index in [1.165, 1.54) is 0 Å². The summed E-state index contributed by atoms with van der Waals surface area (Å²) in [5, 5.41) is 5.67. The predicted molar refractivity (Wildman–Crippen MR) is 163 cm³/mol. The van der Waals surface area contributed by atoms with Crippen LogP contribution in [0.25, 0.3) is 0 Å². The Kier molecular flexibility index (Phi) is 9.27. The number of amides is 2. The monoisotopic (exact) mass is 576 g/mol. The molecule has 10 N–H and O–H groups in total. The van der Waals surface area contributed by atoms with Gasteiger partial charge in [0.2, 0.25) is 23.8 Å². The molecule has 2 aromatic carbocycles. The van der Waals surface area contributed by atoms with Gasteiger partial charge >= 0.3 is 6.03 Å². The van der Waals surface area contributed by atoms with E-state index in [4.69, 9.17) is 22.9 Å². The highest BCUT2D eigenvalue weighted by Gasteiger charge is 2.34. The maximum absolute atomic E-state index is 12.5. The zero-order chi connectivity index (χ0) is 27.0. The van der Waals surface area contributed by atoms with E-state index >= 15 is 0 Å². The summed E-state index contributed by atoms with van der Waals surface area (Å²) in [6, 6.07) is 14.4. The second-order valence-electron chi connectivity index (χ2n) is 9.56. The van der Waals surface area contributed by atoms with Crippen LogP contribution in [0.3, 0.4) is 0 Å². The molecule has 4 rings (SSSR count). The summed E-state index contributed by atoms with van der Waals surface area (Å²) >= 11 is 0. The topological polar surface area (TPSA) is 201 Å². The molecule has 0 saturated heterocycles. The lowest BCUT2D eigenvalue weighted by Crippen LogP contribution is -2.54. The van der Waals surface area contributed by atoms with Crippen LogP contribution >= 0.6 is 24.8 Å². The average molecular weight is 578 g/mol. The van der Waals surface area contributed by atoms with E-state index < -0.39 is 11.3 Å². The molecule has 2 aliphatic heterocycles. The number of hydrogen-bond donors (Lipinski definition) is 6. The first-order chi connectivity index (χ1) is 17.4. The Morgan fingerprint density at radius 1 is 0.744 bits per heavy atom. The second kappa shape index (κ2) is 11.7. The Balaban J connectivity index is 0.00000267. The van der Waals surface area contributed by atoms with Crippen molar-refractivity contribution in [1.29, 1.82) is 0 Å². The molecule has 0 bridgehead atoms. The number of guanidine groups is 4. The van der Waals surface area contributed by atoms with Crippen molar-refractivity contribution in [2.45, 2.75) is 45.6 Å². The van der Waals surface area contributed by atoms with Crippen LogP contribution in [-0.4, -0.2) is 41.2 Å². The molecule has 2 amide bonds. The van der Waals surface area contributed by atoms with Crippen molar-refractivity contribution in [2.24, 2.45) is 42.9 Å². The molecule has 0 aromatic heterocycles. The lowest BCUT2D eigenvalue weighted by molar-refractivity contribution is 0.251. The summed E-state index contributed by atoms with van der Waals surface area (Å²) in [5.41, 5.74) is 25.4. The Morgan fingerprint density at radius 2 is 1.15 bits per heavy atom. The molecular formula is C24H34Cl2N12O. The number of nitrogens with two attached hydrogens (primary N) is 4. The van der Waals surface area contributed by atoms with Crippen LogP contribution < -0.4 is 43.4 Å². The molecule has 0 spiro atoms. The third-order valence-electron chi connectivity index (χ3n) is 5.82. The lowest BCUT2D eigenvalue weighted by Gasteiger charge is -2.38. The fraction of sp³-hybridized carbons (Fsp3) is 0.292. The summed E-state index contributed by atoms with van der Waals surface area (Å²) in [5.74, 6) is 0.797. The molecule has 15 heteroatoms. The van der Waals surface area contributed by atoms with E-state index in [0.29, 0.717) is 12.2 Å². The number of rotatable bonds is 5. The largest absolute Gasteiger partial charge is 0.369 e. The first-order valence-electron chi connectivity index (χ1n) is 11.6. The van der Waals surface area contributed by atoms with E-state index in [1.54, 1.807) is 21.9 Å². The summed E-state index contributed by atoms with van der Waals surface area (Å²) in [7, 11) is 0. The Hall–Kier alpha value is -4.23.